The normalized spacial score (nSPS) is 9.50. The number of ether oxygens (including phenoxy) is 1. The first-order valence-corrected chi connectivity index (χ1v) is 4.65. The van der Waals surface area contributed by atoms with Crippen molar-refractivity contribution in [3.05, 3.63) is 29.8 Å². The number of benzene rings is 1. The molecule has 4 heteroatoms. The number of carbonyl (C=O) groups is 1. The van der Waals surface area contributed by atoms with Crippen molar-refractivity contribution in [1.82, 2.24) is 0 Å². The fourth-order valence-electron chi connectivity index (χ4n) is 0.891. The van der Waals surface area contributed by atoms with Gasteiger partial charge in [-0.2, -0.15) is 0 Å². The van der Waals surface area contributed by atoms with Gasteiger partial charge in [0.1, 0.15) is 10.7 Å². The molecule has 0 radical (unpaired) electrons. The van der Waals surface area contributed by atoms with E-state index in [1.165, 1.54) is 0 Å². The van der Waals surface area contributed by atoms with E-state index in [-0.39, 0.29) is 5.97 Å². The van der Waals surface area contributed by atoms with Crippen molar-refractivity contribution in [3.63, 3.8) is 0 Å². The lowest BCUT2D eigenvalue weighted by molar-refractivity contribution is -0.134. The maximum absolute atomic E-state index is 10.9. The van der Waals surface area contributed by atoms with Gasteiger partial charge in [0.15, 0.2) is 0 Å². The third-order valence-corrected chi connectivity index (χ3v) is 1.89. The highest BCUT2D eigenvalue weighted by atomic mass is 32.1. The predicted molar refractivity (Wildman–Crippen MR) is 58.3 cm³/mol. The Labute approximate surface area is 87.9 Å². The summed E-state index contributed by atoms with van der Waals surface area (Å²) in [5.41, 5.74) is 6.18. The molecule has 74 valence electrons. The van der Waals surface area contributed by atoms with Crippen LogP contribution in [0.3, 0.4) is 0 Å². The zero-order valence-electron chi connectivity index (χ0n) is 7.82. The summed E-state index contributed by atoms with van der Waals surface area (Å²) >= 11 is 4.79. The van der Waals surface area contributed by atoms with Crippen molar-refractivity contribution in [2.75, 3.05) is 0 Å². The molecule has 0 fully saturated rings. The predicted octanol–water partition coefficient (Wildman–Crippen LogP) is 1.64. The highest BCUT2D eigenvalue weighted by Crippen LogP contribution is 2.12. The Kier molecular flexibility index (Phi) is 3.59. The molecule has 0 spiro atoms. The number of rotatable bonds is 3. The van der Waals surface area contributed by atoms with Crippen LogP contribution < -0.4 is 10.5 Å². The van der Waals surface area contributed by atoms with Crippen molar-refractivity contribution in [3.8, 4) is 5.75 Å². The zero-order chi connectivity index (χ0) is 10.6. The molecule has 1 aromatic rings. The molecule has 14 heavy (non-hydrogen) atoms. The summed E-state index contributed by atoms with van der Waals surface area (Å²) in [5.74, 6) is 0.255. The molecule has 3 nitrogen and oxygen atoms in total. The van der Waals surface area contributed by atoms with Crippen LogP contribution in [0.25, 0.3) is 0 Å². The average molecular weight is 209 g/mol. The van der Waals surface area contributed by atoms with Crippen LogP contribution in [0.2, 0.25) is 0 Å². The summed E-state index contributed by atoms with van der Waals surface area (Å²) in [5, 5.41) is 0. The van der Waals surface area contributed by atoms with Crippen LogP contribution in [-0.4, -0.2) is 11.0 Å². The van der Waals surface area contributed by atoms with E-state index in [9.17, 15) is 4.79 Å². The van der Waals surface area contributed by atoms with E-state index in [0.717, 1.165) is 5.56 Å². The zero-order valence-corrected chi connectivity index (χ0v) is 8.64. The monoisotopic (exact) mass is 209 g/mol. The van der Waals surface area contributed by atoms with Crippen molar-refractivity contribution in [2.45, 2.75) is 13.3 Å². The summed E-state index contributed by atoms with van der Waals surface area (Å²) in [7, 11) is 0. The first-order valence-electron chi connectivity index (χ1n) is 4.24. The standard InChI is InChI=1S/C10H11NO2S/c1-2-9(12)13-8-5-3-7(4-6-8)10(11)14/h3-6H,2H2,1H3,(H2,11,14). The first-order chi connectivity index (χ1) is 6.63. The molecule has 0 bridgehead atoms. The second-order valence-electron chi connectivity index (χ2n) is 2.72. The van der Waals surface area contributed by atoms with Crippen LogP contribution in [0.4, 0.5) is 0 Å². The number of hydrogen-bond acceptors (Lipinski definition) is 3. The van der Waals surface area contributed by atoms with Gasteiger partial charge >= 0.3 is 5.97 Å². The van der Waals surface area contributed by atoms with Crippen LogP contribution in [0.5, 0.6) is 5.75 Å². The van der Waals surface area contributed by atoms with Gasteiger partial charge in [-0.25, -0.2) is 0 Å². The number of thiocarbonyl (C=S) groups is 1. The highest BCUT2D eigenvalue weighted by Gasteiger charge is 2.01. The SMILES string of the molecule is CCC(=O)Oc1ccc(C(N)=S)cc1. The van der Waals surface area contributed by atoms with E-state index in [0.29, 0.717) is 17.2 Å². The fraction of sp³-hybridized carbons (Fsp3) is 0.200. The Bertz CT molecular complexity index is 346. The molecule has 0 saturated carbocycles. The Morgan fingerprint density at radius 3 is 2.43 bits per heavy atom. The van der Waals surface area contributed by atoms with Gasteiger partial charge in [0.05, 0.1) is 0 Å². The molecule has 0 aliphatic heterocycles. The Hall–Kier alpha value is -1.42. The minimum absolute atomic E-state index is 0.256. The third kappa shape index (κ3) is 2.81. The molecule has 1 rings (SSSR count). The maximum Gasteiger partial charge on any atom is 0.310 e. The quantitative estimate of drug-likeness (QED) is 0.467. The Balaban J connectivity index is 2.73. The first kappa shape index (κ1) is 10.7. The number of esters is 1. The topological polar surface area (TPSA) is 52.3 Å². The largest absolute Gasteiger partial charge is 0.427 e. The van der Waals surface area contributed by atoms with E-state index in [4.69, 9.17) is 22.7 Å². The fourth-order valence-corrected chi connectivity index (χ4v) is 1.03. The van der Waals surface area contributed by atoms with Gasteiger partial charge in [0.25, 0.3) is 0 Å². The Morgan fingerprint density at radius 2 is 2.00 bits per heavy atom. The van der Waals surface area contributed by atoms with Gasteiger partial charge in [0.2, 0.25) is 0 Å². The lowest BCUT2D eigenvalue weighted by Gasteiger charge is -2.03. The van der Waals surface area contributed by atoms with Crippen molar-refractivity contribution in [1.29, 1.82) is 0 Å². The van der Waals surface area contributed by atoms with Crippen molar-refractivity contribution in [2.24, 2.45) is 5.73 Å². The summed E-state index contributed by atoms with van der Waals surface area (Å²) in [6.45, 7) is 1.74. The molecule has 0 unspecified atom stereocenters. The Morgan fingerprint density at radius 1 is 1.43 bits per heavy atom. The van der Waals surface area contributed by atoms with Crippen LogP contribution in [0.15, 0.2) is 24.3 Å². The van der Waals surface area contributed by atoms with Crippen LogP contribution in [0, 0.1) is 0 Å². The molecule has 1 aromatic carbocycles. The van der Waals surface area contributed by atoms with Gasteiger partial charge in [-0.3, -0.25) is 4.79 Å². The van der Waals surface area contributed by atoms with Gasteiger partial charge in [-0.1, -0.05) is 19.1 Å². The van der Waals surface area contributed by atoms with E-state index in [2.05, 4.69) is 0 Å². The molecule has 0 saturated heterocycles. The summed E-state index contributed by atoms with van der Waals surface area (Å²) in [4.78, 5) is 11.3. The summed E-state index contributed by atoms with van der Waals surface area (Å²) in [6.07, 6.45) is 0.358. The van der Waals surface area contributed by atoms with E-state index < -0.39 is 0 Å². The number of hydrogen-bond donors (Lipinski definition) is 1. The van der Waals surface area contributed by atoms with Gasteiger partial charge < -0.3 is 10.5 Å². The molecule has 0 atom stereocenters. The van der Waals surface area contributed by atoms with E-state index in [1.54, 1.807) is 31.2 Å². The van der Waals surface area contributed by atoms with Crippen LogP contribution >= 0.6 is 12.2 Å². The maximum atomic E-state index is 10.9. The lowest BCUT2D eigenvalue weighted by atomic mass is 10.2. The molecular weight excluding hydrogens is 198 g/mol. The molecule has 0 aliphatic rings. The molecule has 0 aromatic heterocycles. The average Bonchev–Trinajstić information content (AvgIpc) is 2.18. The lowest BCUT2D eigenvalue weighted by Crippen LogP contribution is -2.09. The van der Waals surface area contributed by atoms with Crippen molar-refractivity contribution < 1.29 is 9.53 Å². The molecule has 0 aliphatic carbocycles. The van der Waals surface area contributed by atoms with Crippen LogP contribution in [0.1, 0.15) is 18.9 Å². The summed E-state index contributed by atoms with van der Waals surface area (Å²) < 4.78 is 4.98. The minimum atomic E-state index is -0.256. The highest BCUT2D eigenvalue weighted by molar-refractivity contribution is 7.80. The molecule has 2 N–H and O–H groups in total. The second-order valence-corrected chi connectivity index (χ2v) is 3.16. The van der Waals surface area contributed by atoms with E-state index in [1.807, 2.05) is 0 Å². The minimum Gasteiger partial charge on any atom is -0.427 e. The van der Waals surface area contributed by atoms with E-state index >= 15 is 0 Å². The second kappa shape index (κ2) is 4.72. The van der Waals surface area contributed by atoms with Gasteiger partial charge in [0, 0.05) is 12.0 Å². The number of carbonyl (C=O) groups excluding carboxylic acids is 1. The molecule has 0 heterocycles. The van der Waals surface area contributed by atoms with Crippen molar-refractivity contribution >= 4 is 23.2 Å². The van der Waals surface area contributed by atoms with Gasteiger partial charge in [-0.05, 0) is 24.3 Å². The van der Waals surface area contributed by atoms with Crippen LogP contribution in [-0.2, 0) is 4.79 Å². The smallest absolute Gasteiger partial charge is 0.310 e. The molecule has 0 amide bonds. The summed E-state index contributed by atoms with van der Waals surface area (Å²) in [6, 6.07) is 6.78. The molecular formula is C10H11NO2S. The van der Waals surface area contributed by atoms with Gasteiger partial charge in [-0.15, -0.1) is 0 Å². The third-order valence-electron chi connectivity index (χ3n) is 1.66. The number of nitrogens with two attached hydrogens (primary N) is 1.